The average molecular weight is 263 g/mol. The zero-order chi connectivity index (χ0) is 9.84. The molecule has 0 saturated carbocycles. The Kier molecular flexibility index (Phi) is 4.42. The zero-order valence-corrected chi connectivity index (χ0v) is 10.4. The standard InChI is InChI=1S/C10H15BrOS/c1-3-4-7(2)10(12)8-5-9(11)13-6-8/h5-7,10,12H,3-4H2,1-2H3. The first-order chi connectivity index (χ1) is 6.15. The minimum atomic E-state index is -0.303. The van der Waals surface area contributed by atoms with E-state index in [0.29, 0.717) is 5.92 Å². The van der Waals surface area contributed by atoms with E-state index in [0.717, 1.165) is 22.2 Å². The first-order valence-corrected chi connectivity index (χ1v) is 6.24. The summed E-state index contributed by atoms with van der Waals surface area (Å²) in [5, 5.41) is 11.9. The molecule has 3 heteroatoms. The van der Waals surface area contributed by atoms with Crippen LogP contribution in [0.5, 0.6) is 0 Å². The quantitative estimate of drug-likeness (QED) is 0.871. The van der Waals surface area contributed by atoms with Gasteiger partial charge in [-0.2, -0.15) is 0 Å². The van der Waals surface area contributed by atoms with E-state index in [1.54, 1.807) is 11.3 Å². The SMILES string of the molecule is CCCC(C)C(O)c1csc(Br)c1. The molecule has 0 spiro atoms. The molecule has 0 amide bonds. The number of hydrogen-bond acceptors (Lipinski definition) is 2. The monoisotopic (exact) mass is 262 g/mol. The van der Waals surface area contributed by atoms with E-state index in [-0.39, 0.29) is 6.10 Å². The Morgan fingerprint density at radius 2 is 2.31 bits per heavy atom. The molecule has 0 aliphatic rings. The maximum Gasteiger partial charge on any atom is 0.0823 e. The minimum absolute atomic E-state index is 0.303. The van der Waals surface area contributed by atoms with Crippen molar-refractivity contribution in [3.05, 3.63) is 20.8 Å². The van der Waals surface area contributed by atoms with Crippen LogP contribution in [-0.4, -0.2) is 5.11 Å². The van der Waals surface area contributed by atoms with Crippen LogP contribution >= 0.6 is 27.3 Å². The Balaban J connectivity index is 2.61. The van der Waals surface area contributed by atoms with Crippen LogP contribution in [-0.2, 0) is 0 Å². The molecule has 0 radical (unpaired) electrons. The second-order valence-electron chi connectivity index (χ2n) is 3.39. The number of thiophene rings is 1. The lowest BCUT2D eigenvalue weighted by Gasteiger charge is -2.16. The van der Waals surface area contributed by atoms with Crippen LogP contribution in [0.4, 0.5) is 0 Å². The van der Waals surface area contributed by atoms with Crippen molar-refractivity contribution in [3.63, 3.8) is 0 Å². The van der Waals surface area contributed by atoms with Gasteiger partial charge in [0.1, 0.15) is 0 Å². The van der Waals surface area contributed by atoms with Crippen LogP contribution in [0, 0.1) is 5.92 Å². The molecule has 0 bridgehead atoms. The lowest BCUT2D eigenvalue weighted by atomic mass is 9.95. The number of halogens is 1. The summed E-state index contributed by atoms with van der Waals surface area (Å²) in [4.78, 5) is 0. The molecule has 2 atom stereocenters. The zero-order valence-electron chi connectivity index (χ0n) is 7.96. The molecule has 1 N–H and O–H groups in total. The van der Waals surface area contributed by atoms with Gasteiger partial charge >= 0.3 is 0 Å². The van der Waals surface area contributed by atoms with Crippen LogP contribution in [0.3, 0.4) is 0 Å². The molecule has 0 aromatic carbocycles. The van der Waals surface area contributed by atoms with Gasteiger partial charge in [0.25, 0.3) is 0 Å². The van der Waals surface area contributed by atoms with Crippen molar-refractivity contribution in [2.24, 2.45) is 5.92 Å². The number of hydrogen-bond donors (Lipinski definition) is 1. The summed E-state index contributed by atoms with van der Waals surface area (Å²) in [7, 11) is 0. The van der Waals surface area contributed by atoms with Crippen LogP contribution in [0.25, 0.3) is 0 Å². The highest BCUT2D eigenvalue weighted by molar-refractivity contribution is 9.11. The molecule has 13 heavy (non-hydrogen) atoms. The lowest BCUT2D eigenvalue weighted by molar-refractivity contribution is 0.113. The molecule has 0 saturated heterocycles. The predicted molar refractivity (Wildman–Crippen MR) is 61.1 cm³/mol. The van der Waals surface area contributed by atoms with Gasteiger partial charge in [0.05, 0.1) is 9.89 Å². The third kappa shape index (κ3) is 3.08. The molecule has 0 fully saturated rings. The highest BCUT2D eigenvalue weighted by atomic mass is 79.9. The van der Waals surface area contributed by atoms with Gasteiger partial charge in [-0.15, -0.1) is 11.3 Å². The van der Waals surface area contributed by atoms with E-state index in [1.807, 2.05) is 11.4 Å². The highest BCUT2D eigenvalue weighted by Crippen LogP contribution is 2.30. The fourth-order valence-corrected chi connectivity index (χ4v) is 2.63. The van der Waals surface area contributed by atoms with Crippen molar-refractivity contribution in [2.75, 3.05) is 0 Å². The Labute approximate surface area is 91.9 Å². The van der Waals surface area contributed by atoms with E-state index >= 15 is 0 Å². The summed E-state index contributed by atoms with van der Waals surface area (Å²) in [6.07, 6.45) is 1.90. The highest BCUT2D eigenvalue weighted by Gasteiger charge is 2.16. The predicted octanol–water partition coefficient (Wildman–Crippen LogP) is 3.98. The third-order valence-electron chi connectivity index (χ3n) is 2.21. The van der Waals surface area contributed by atoms with Gasteiger partial charge in [0, 0.05) is 0 Å². The van der Waals surface area contributed by atoms with E-state index in [9.17, 15) is 5.11 Å². The van der Waals surface area contributed by atoms with Gasteiger partial charge in [-0.05, 0) is 45.3 Å². The third-order valence-corrected chi connectivity index (χ3v) is 3.73. The molecule has 1 aromatic rings. The van der Waals surface area contributed by atoms with Gasteiger partial charge in [0.2, 0.25) is 0 Å². The molecule has 1 rings (SSSR count). The van der Waals surface area contributed by atoms with Gasteiger partial charge in [-0.25, -0.2) is 0 Å². The van der Waals surface area contributed by atoms with Crippen LogP contribution in [0.1, 0.15) is 38.4 Å². The smallest absolute Gasteiger partial charge is 0.0823 e. The van der Waals surface area contributed by atoms with Gasteiger partial charge < -0.3 is 5.11 Å². The van der Waals surface area contributed by atoms with Crippen LogP contribution < -0.4 is 0 Å². The molecule has 1 heterocycles. The summed E-state index contributed by atoms with van der Waals surface area (Å²) in [6, 6.07) is 2.00. The molecule has 2 unspecified atom stereocenters. The first kappa shape index (κ1) is 11.2. The van der Waals surface area contributed by atoms with E-state index in [1.165, 1.54) is 0 Å². The first-order valence-electron chi connectivity index (χ1n) is 4.57. The van der Waals surface area contributed by atoms with E-state index in [2.05, 4.69) is 29.8 Å². The van der Waals surface area contributed by atoms with E-state index in [4.69, 9.17) is 0 Å². The molecule has 1 nitrogen and oxygen atoms in total. The number of rotatable bonds is 4. The normalized spacial score (nSPS) is 15.7. The van der Waals surface area contributed by atoms with Crippen molar-refractivity contribution in [1.29, 1.82) is 0 Å². The van der Waals surface area contributed by atoms with Gasteiger partial charge in [-0.3, -0.25) is 0 Å². The topological polar surface area (TPSA) is 20.2 Å². The molecule has 0 aliphatic carbocycles. The second-order valence-corrected chi connectivity index (χ2v) is 5.69. The Morgan fingerprint density at radius 3 is 2.77 bits per heavy atom. The van der Waals surface area contributed by atoms with Crippen LogP contribution in [0.2, 0.25) is 0 Å². The minimum Gasteiger partial charge on any atom is -0.388 e. The second kappa shape index (κ2) is 5.13. The maximum absolute atomic E-state index is 9.92. The van der Waals surface area contributed by atoms with Crippen LogP contribution in [0.15, 0.2) is 15.2 Å². The Bertz CT molecular complexity index is 259. The molecular formula is C10H15BrOS. The average Bonchev–Trinajstić information content (AvgIpc) is 2.51. The Morgan fingerprint density at radius 1 is 1.62 bits per heavy atom. The fourth-order valence-electron chi connectivity index (χ4n) is 1.42. The summed E-state index contributed by atoms with van der Waals surface area (Å²) in [5.74, 6) is 0.353. The lowest BCUT2D eigenvalue weighted by Crippen LogP contribution is -2.07. The van der Waals surface area contributed by atoms with Crippen molar-refractivity contribution < 1.29 is 5.11 Å². The van der Waals surface area contributed by atoms with Crippen molar-refractivity contribution in [3.8, 4) is 0 Å². The molecule has 74 valence electrons. The maximum atomic E-state index is 9.92. The number of aliphatic hydroxyl groups excluding tert-OH is 1. The Hall–Kier alpha value is 0.140. The van der Waals surface area contributed by atoms with Crippen molar-refractivity contribution in [1.82, 2.24) is 0 Å². The molecule has 0 aliphatic heterocycles. The van der Waals surface area contributed by atoms with Gasteiger partial charge in [-0.1, -0.05) is 20.3 Å². The summed E-state index contributed by atoms with van der Waals surface area (Å²) < 4.78 is 1.09. The van der Waals surface area contributed by atoms with E-state index < -0.39 is 0 Å². The van der Waals surface area contributed by atoms with Gasteiger partial charge in [0.15, 0.2) is 0 Å². The molecular weight excluding hydrogens is 248 g/mol. The number of aliphatic hydroxyl groups is 1. The summed E-state index contributed by atoms with van der Waals surface area (Å²) in [5.41, 5.74) is 1.04. The summed E-state index contributed by atoms with van der Waals surface area (Å²) in [6.45, 7) is 4.24. The van der Waals surface area contributed by atoms with Crippen molar-refractivity contribution >= 4 is 27.3 Å². The largest absolute Gasteiger partial charge is 0.388 e. The van der Waals surface area contributed by atoms with Crippen molar-refractivity contribution in [2.45, 2.75) is 32.8 Å². The molecule has 1 aromatic heterocycles. The fraction of sp³-hybridized carbons (Fsp3) is 0.600. The summed E-state index contributed by atoms with van der Waals surface area (Å²) >= 11 is 5.02.